The van der Waals surface area contributed by atoms with Crippen molar-refractivity contribution in [2.24, 2.45) is 0 Å². The van der Waals surface area contributed by atoms with E-state index in [9.17, 15) is 5.11 Å². The third-order valence-electron chi connectivity index (χ3n) is 3.99. The van der Waals surface area contributed by atoms with Crippen molar-refractivity contribution in [2.75, 3.05) is 7.11 Å². The SMILES string of the molecule is COc1nc(O)c2c(-c3ccccc3)c(-c3ccccc3)ncc2n1. The molecule has 0 atom stereocenters. The Hall–Kier alpha value is -3.47. The second kappa shape index (κ2) is 6.20. The first-order valence-electron chi connectivity index (χ1n) is 7.82. The summed E-state index contributed by atoms with van der Waals surface area (Å²) in [6.07, 6.45) is 1.63. The summed E-state index contributed by atoms with van der Waals surface area (Å²) in [5, 5.41) is 11.1. The predicted molar refractivity (Wildman–Crippen MR) is 96.4 cm³/mol. The van der Waals surface area contributed by atoms with Crippen LogP contribution in [0.2, 0.25) is 0 Å². The number of pyridine rings is 1. The van der Waals surface area contributed by atoms with Gasteiger partial charge in [-0.05, 0) is 5.56 Å². The zero-order valence-electron chi connectivity index (χ0n) is 13.5. The molecule has 0 unspecified atom stereocenters. The van der Waals surface area contributed by atoms with Gasteiger partial charge in [0.1, 0.15) is 5.52 Å². The van der Waals surface area contributed by atoms with Crippen LogP contribution in [0.4, 0.5) is 0 Å². The molecule has 0 aliphatic heterocycles. The number of hydrogen-bond donors (Lipinski definition) is 1. The van der Waals surface area contributed by atoms with Crippen LogP contribution in [0.5, 0.6) is 11.9 Å². The topological polar surface area (TPSA) is 68.1 Å². The first-order valence-corrected chi connectivity index (χ1v) is 7.82. The van der Waals surface area contributed by atoms with Gasteiger partial charge in [-0.2, -0.15) is 9.97 Å². The Kier molecular flexibility index (Phi) is 3.74. The molecule has 5 nitrogen and oxygen atoms in total. The molecule has 25 heavy (non-hydrogen) atoms. The zero-order chi connectivity index (χ0) is 17.2. The number of aromatic hydroxyl groups is 1. The van der Waals surface area contributed by atoms with Gasteiger partial charge in [-0.3, -0.25) is 4.98 Å². The molecule has 5 heteroatoms. The van der Waals surface area contributed by atoms with E-state index in [4.69, 9.17) is 4.74 Å². The third-order valence-corrected chi connectivity index (χ3v) is 3.99. The van der Waals surface area contributed by atoms with Crippen molar-refractivity contribution in [3.05, 3.63) is 66.9 Å². The molecular weight excluding hydrogens is 314 g/mol. The molecular formula is C20H15N3O2. The maximum Gasteiger partial charge on any atom is 0.320 e. The maximum atomic E-state index is 10.5. The number of benzene rings is 2. The normalized spacial score (nSPS) is 10.8. The lowest BCUT2D eigenvalue weighted by Gasteiger charge is -2.13. The molecule has 0 saturated heterocycles. The maximum absolute atomic E-state index is 10.5. The molecule has 0 spiro atoms. The zero-order valence-corrected chi connectivity index (χ0v) is 13.5. The average molecular weight is 329 g/mol. The Bertz CT molecular complexity index is 1030. The Labute approximate surface area is 144 Å². The molecule has 1 N–H and O–H groups in total. The molecule has 0 fully saturated rings. The molecule has 0 radical (unpaired) electrons. The first-order chi connectivity index (χ1) is 12.3. The fraction of sp³-hybridized carbons (Fsp3) is 0.0500. The van der Waals surface area contributed by atoms with Crippen LogP contribution in [0.1, 0.15) is 0 Å². The van der Waals surface area contributed by atoms with Crippen molar-refractivity contribution < 1.29 is 9.84 Å². The second-order valence-corrected chi connectivity index (χ2v) is 5.51. The molecule has 2 aromatic heterocycles. The minimum Gasteiger partial charge on any atom is -0.493 e. The fourth-order valence-corrected chi connectivity index (χ4v) is 2.88. The summed E-state index contributed by atoms with van der Waals surface area (Å²) in [6.45, 7) is 0. The van der Waals surface area contributed by atoms with Crippen molar-refractivity contribution in [3.63, 3.8) is 0 Å². The summed E-state index contributed by atoms with van der Waals surface area (Å²) >= 11 is 0. The number of methoxy groups -OCH3 is 1. The lowest BCUT2D eigenvalue weighted by molar-refractivity contribution is 0.367. The van der Waals surface area contributed by atoms with Gasteiger partial charge in [-0.15, -0.1) is 0 Å². The summed E-state index contributed by atoms with van der Waals surface area (Å²) in [7, 11) is 1.46. The average Bonchev–Trinajstić information content (AvgIpc) is 2.68. The van der Waals surface area contributed by atoms with Gasteiger partial charge in [0.05, 0.1) is 24.4 Å². The Morgan fingerprint density at radius 2 is 1.48 bits per heavy atom. The summed E-state index contributed by atoms with van der Waals surface area (Å²) in [4.78, 5) is 13.0. The van der Waals surface area contributed by atoms with E-state index >= 15 is 0 Å². The van der Waals surface area contributed by atoms with Crippen molar-refractivity contribution in [1.29, 1.82) is 0 Å². The van der Waals surface area contributed by atoms with Gasteiger partial charge in [0.15, 0.2) is 0 Å². The largest absolute Gasteiger partial charge is 0.493 e. The van der Waals surface area contributed by atoms with Crippen LogP contribution >= 0.6 is 0 Å². The number of nitrogens with zero attached hydrogens (tertiary/aromatic N) is 3. The third kappa shape index (κ3) is 2.65. The molecule has 2 aromatic carbocycles. The van der Waals surface area contributed by atoms with Crippen molar-refractivity contribution in [1.82, 2.24) is 15.0 Å². The fourth-order valence-electron chi connectivity index (χ4n) is 2.88. The molecule has 122 valence electrons. The minimum atomic E-state index is -0.125. The van der Waals surface area contributed by atoms with E-state index in [1.54, 1.807) is 6.20 Å². The van der Waals surface area contributed by atoms with Gasteiger partial charge >= 0.3 is 6.01 Å². The van der Waals surface area contributed by atoms with E-state index in [2.05, 4.69) is 15.0 Å². The van der Waals surface area contributed by atoms with Crippen LogP contribution in [-0.2, 0) is 0 Å². The van der Waals surface area contributed by atoms with Gasteiger partial charge in [-0.25, -0.2) is 0 Å². The standard InChI is InChI=1S/C20H15N3O2/c1-25-20-22-15-12-21-18(14-10-6-3-7-11-14)16(17(15)19(24)23-20)13-8-4-2-5-9-13/h2-12H,1H3,(H,22,23,24). The van der Waals surface area contributed by atoms with Gasteiger partial charge in [0, 0.05) is 11.1 Å². The second-order valence-electron chi connectivity index (χ2n) is 5.51. The van der Waals surface area contributed by atoms with E-state index in [0.29, 0.717) is 10.9 Å². The van der Waals surface area contributed by atoms with Crippen LogP contribution in [-0.4, -0.2) is 27.2 Å². The van der Waals surface area contributed by atoms with Gasteiger partial charge in [0.25, 0.3) is 0 Å². The number of hydrogen-bond acceptors (Lipinski definition) is 5. The van der Waals surface area contributed by atoms with Crippen molar-refractivity contribution in [2.45, 2.75) is 0 Å². The van der Waals surface area contributed by atoms with Crippen molar-refractivity contribution in [3.8, 4) is 34.3 Å². The van der Waals surface area contributed by atoms with Crippen LogP contribution in [0, 0.1) is 0 Å². The highest BCUT2D eigenvalue weighted by Gasteiger charge is 2.18. The molecule has 0 saturated carbocycles. The van der Waals surface area contributed by atoms with E-state index < -0.39 is 0 Å². The van der Waals surface area contributed by atoms with Crippen LogP contribution in [0.3, 0.4) is 0 Å². The number of ether oxygens (including phenoxy) is 1. The Morgan fingerprint density at radius 1 is 0.840 bits per heavy atom. The molecule has 4 rings (SSSR count). The van der Waals surface area contributed by atoms with Crippen molar-refractivity contribution >= 4 is 10.9 Å². The Balaban J connectivity index is 2.11. The minimum absolute atomic E-state index is 0.110. The van der Waals surface area contributed by atoms with Crippen LogP contribution < -0.4 is 4.74 Å². The predicted octanol–water partition coefficient (Wildman–Crippen LogP) is 4.07. The monoisotopic (exact) mass is 329 g/mol. The van der Waals surface area contributed by atoms with Gasteiger partial charge < -0.3 is 9.84 Å². The summed E-state index contributed by atoms with van der Waals surface area (Å²) in [5.41, 5.74) is 3.98. The first kappa shape index (κ1) is 15.1. The molecule has 0 aliphatic carbocycles. The Morgan fingerprint density at radius 3 is 2.12 bits per heavy atom. The van der Waals surface area contributed by atoms with Crippen LogP contribution in [0.15, 0.2) is 66.9 Å². The quantitative estimate of drug-likeness (QED) is 0.613. The van der Waals surface area contributed by atoms with E-state index in [0.717, 1.165) is 22.4 Å². The molecule has 4 aromatic rings. The van der Waals surface area contributed by atoms with E-state index in [1.165, 1.54) is 7.11 Å². The van der Waals surface area contributed by atoms with E-state index in [1.807, 2.05) is 60.7 Å². The number of rotatable bonds is 3. The van der Waals surface area contributed by atoms with Crippen LogP contribution in [0.25, 0.3) is 33.3 Å². The highest BCUT2D eigenvalue weighted by Crippen LogP contribution is 2.39. The summed E-state index contributed by atoms with van der Waals surface area (Å²) in [6, 6.07) is 19.8. The summed E-state index contributed by atoms with van der Waals surface area (Å²) in [5.74, 6) is -0.125. The van der Waals surface area contributed by atoms with E-state index in [-0.39, 0.29) is 11.9 Å². The number of fused-ring (bicyclic) bond motifs is 1. The lowest BCUT2D eigenvalue weighted by Crippen LogP contribution is -1.97. The highest BCUT2D eigenvalue weighted by atomic mass is 16.5. The summed E-state index contributed by atoms with van der Waals surface area (Å²) < 4.78 is 5.05. The number of aromatic nitrogens is 3. The molecule has 2 heterocycles. The lowest BCUT2D eigenvalue weighted by atomic mass is 9.96. The smallest absolute Gasteiger partial charge is 0.320 e. The highest BCUT2D eigenvalue weighted by molar-refractivity contribution is 6.03. The molecule has 0 amide bonds. The molecule has 0 bridgehead atoms. The van der Waals surface area contributed by atoms with Gasteiger partial charge in [0.2, 0.25) is 5.88 Å². The molecule has 0 aliphatic rings. The van der Waals surface area contributed by atoms with Gasteiger partial charge in [-0.1, -0.05) is 60.7 Å².